The maximum absolute atomic E-state index is 4.53. The molecule has 3 heteroatoms. The van der Waals surface area contributed by atoms with Gasteiger partial charge in [0.25, 0.3) is 0 Å². The van der Waals surface area contributed by atoms with Gasteiger partial charge in [0.15, 0.2) is 0 Å². The van der Waals surface area contributed by atoms with Crippen LogP contribution < -0.4 is 0 Å². The second kappa shape index (κ2) is 4.45. The minimum absolute atomic E-state index is 0.870. The van der Waals surface area contributed by atoms with Crippen LogP contribution in [-0.4, -0.2) is 35.2 Å². The second-order valence-corrected chi connectivity index (χ2v) is 5.86. The summed E-state index contributed by atoms with van der Waals surface area (Å²) in [5.41, 5.74) is 4.34. The molecule has 0 aromatic carbocycles. The fourth-order valence-electron chi connectivity index (χ4n) is 3.58. The molecular weight excluding hydrogens is 210 g/mol. The topological polar surface area (TPSA) is 31.9 Å². The zero-order valence-electron chi connectivity index (χ0n) is 11.0. The average molecular weight is 233 g/mol. The molecule has 3 nitrogen and oxygen atoms in total. The summed E-state index contributed by atoms with van der Waals surface area (Å²) in [4.78, 5) is 2.49. The Hall–Kier alpha value is -0.830. The molecule has 0 bridgehead atoms. The first kappa shape index (κ1) is 11.3. The largest absolute Gasteiger partial charge is 0.306 e. The van der Waals surface area contributed by atoms with Gasteiger partial charge in [-0.2, -0.15) is 5.10 Å². The van der Waals surface area contributed by atoms with Gasteiger partial charge in [-0.25, -0.2) is 0 Å². The van der Waals surface area contributed by atoms with Crippen LogP contribution in [0, 0.1) is 11.8 Å². The smallest absolute Gasteiger partial charge is 0.0656 e. The van der Waals surface area contributed by atoms with E-state index in [1.807, 2.05) is 0 Å². The molecule has 1 N–H and O–H groups in total. The lowest BCUT2D eigenvalue weighted by molar-refractivity contribution is 0.133. The molecule has 0 saturated carbocycles. The first-order chi connectivity index (χ1) is 8.28. The molecule has 1 saturated heterocycles. The third kappa shape index (κ3) is 2.01. The number of nitrogens with one attached hydrogen (secondary N) is 1. The van der Waals surface area contributed by atoms with Gasteiger partial charge in [-0.3, -0.25) is 5.10 Å². The van der Waals surface area contributed by atoms with Gasteiger partial charge in [-0.05, 0) is 56.7 Å². The van der Waals surface area contributed by atoms with Gasteiger partial charge in [0.1, 0.15) is 0 Å². The van der Waals surface area contributed by atoms with E-state index in [-0.39, 0.29) is 0 Å². The summed E-state index contributed by atoms with van der Waals surface area (Å²) in [5, 5.41) is 7.82. The molecule has 0 radical (unpaired) electrons. The molecule has 0 unspecified atom stereocenters. The molecule has 1 aliphatic carbocycles. The van der Waals surface area contributed by atoms with E-state index in [0.717, 1.165) is 18.3 Å². The predicted octanol–water partition coefficient (Wildman–Crippen LogP) is 2.03. The molecular formula is C14H23N3. The summed E-state index contributed by atoms with van der Waals surface area (Å²) in [7, 11) is 2.26. The number of piperidine rings is 1. The molecule has 3 rings (SSSR count). The van der Waals surface area contributed by atoms with Gasteiger partial charge in [0.2, 0.25) is 0 Å². The van der Waals surface area contributed by atoms with Crippen LogP contribution in [0.1, 0.15) is 36.7 Å². The number of fused-ring (bicyclic) bond motifs is 2. The Labute approximate surface area is 104 Å². The van der Waals surface area contributed by atoms with Crippen molar-refractivity contribution in [3.05, 3.63) is 17.0 Å². The van der Waals surface area contributed by atoms with E-state index in [2.05, 4.69) is 29.1 Å². The van der Waals surface area contributed by atoms with E-state index in [0.29, 0.717) is 0 Å². The maximum Gasteiger partial charge on any atom is 0.0656 e. The number of hydrogen-bond acceptors (Lipinski definition) is 2. The number of aromatic amines is 1. The van der Waals surface area contributed by atoms with Crippen LogP contribution in [0.3, 0.4) is 0 Å². The number of aryl methyl sites for hydroxylation is 1. The van der Waals surface area contributed by atoms with E-state index in [4.69, 9.17) is 0 Å². The number of H-pyrrole nitrogens is 1. The highest BCUT2D eigenvalue weighted by Crippen LogP contribution is 2.35. The monoisotopic (exact) mass is 233 g/mol. The Morgan fingerprint density at radius 1 is 1.35 bits per heavy atom. The number of nitrogens with zero attached hydrogens (tertiary/aromatic N) is 2. The summed E-state index contributed by atoms with van der Waals surface area (Å²) in [6, 6.07) is 0. The number of hydrogen-bond donors (Lipinski definition) is 1. The second-order valence-electron chi connectivity index (χ2n) is 5.86. The summed E-state index contributed by atoms with van der Waals surface area (Å²) < 4.78 is 0. The Balaban J connectivity index is 1.83. The first-order valence-corrected chi connectivity index (χ1v) is 7.01. The lowest BCUT2D eigenvalue weighted by atomic mass is 9.74. The first-order valence-electron chi connectivity index (χ1n) is 7.01. The van der Waals surface area contributed by atoms with E-state index >= 15 is 0 Å². The third-order valence-electron chi connectivity index (χ3n) is 4.55. The van der Waals surface area contributed by atoms with Gasteiger partial charge in [-0.1, -0.05) is 13.3 Å². The van der Waals surface area contributed by atoms with Gasteiger partial charge in [0, 0.05) is 12.2 Å². The van der Waals surface area contributed by atoms with Crippen molar-refractivity contribution in [2.45, 2.75) is 39.0 Å². The third-order valence-corrected chi connectivity index (χ3v) is 4.55. The highest BCUT2D eigenvalue weighted by molar-refractivity contribution is 5.29. The number of rotatable bonds is 2. The molecule has 0 amide bonds. The molecule has 1 aromatic heterocycles. The Morgan fingerprint density at radius 2 is 2.24 bits per heavy atom. The van der Waals surface area contributed by atoms with Crippen molar-refractivity contribution >= 4 is 0 Å². The van der Waals surface area contributed by atoms with Crippen LogP contribution in [0.4, 0.5) is 0 Å². The van der Waals surface area contributed by atoms with Crippen molar-refractivity contribution in [3.63, 3.8) is 0 Å². The van der Waals surface area contributed by atoms with Crippen LogP contribution in [0.15, 0.2) is 0 Å². The van der Waals surface area contributed by atoms with Gasteiger partial charge < -0.3 is 4.90 Å². The van der Waals surface area contributed by atoms with Gasteiger partial charge in [0.05, 0.1) is 5.69 Å². The van der Waals surface area contributed by atoms with Crippen LogP contribution in [0.2, 0.25) is 0 Å². The zero-order valence-corrected chi connectivity index (χ0v) is 11.0. The minimum atomic E-state index is 0.870. The van der Waals surface area contributed by atoms with Crippen LogP contribution in [-0.2, 0) is 19.3 Å². The van der Waals surface area contributed by atoms with Gasteiger partial charge in [-0.15, -0.1) is 0 Å². The molecule has 2 atom stereocenters. The summed E-state index contributed by atoms with van der Waals surface area (Å²) in [5.74, 6) is 1.77. The molecule has 1 aromatic rings. The molecule has 2 heterocycles. The minimum Gasteiger partial charge on any atom is -0.306 e. The van der Waals surface area contributed by atoms with Gasteiger partial charge >= 0.3 is 0 Å². The van der Waals surface area contributed by atoms with E-state index in [1.54, 1.807) is 5.56 Å². The van der Waals surface area contributed by atoms with E-state index < -0.39 is 0 Å². The van der Waals surface area contributed by atoms with Crippen LogP contribution in [0.25, 0.3) is 0 Å². The highest BCUT2D eigenvalue weighted by atomic mass is 15.1. The quantitative estimate of drug-likeness (QED) is 0.847. The summed E-state index contributed by atoms with van der Waals surface area (Å²) in [6.45, 7) is 4.79. The Bertz CT molecular complexity index is 396. The average Bonchev–Trinajstić information content (AvgIpc) is 2.70. The fourth-order valence-corrected chi connectivity index (χ4v) is 3.58. The highest BCUT2D eigenvalue weighted by Gasteiger charge is 2.34. The SMILES string of the molecule is CCCc1n[nH]c2c1C[C@H]1CN(C)CC[C@H]1C2. The van der Waals surface area contributed by atoms with Crippen molar-refractivity contribution in [2.75, 3.05) is 20.1 Å². The normalized spacial score (nSPS) is 28.8. The molecule has 94 valence electrons. The molecule has 17 heavy (non-hydrogen) atoms. The Kier molecular flexibility index (Phi) is 2.95. The predicted molar refractivity (Wildman–Crippen MR) is 69.1 cm³/mol. The fraction of sp³-hybridized carbons (Fsp3) is 0.786. The van der Waals surface area contributed by atoms with Crippen molar-refractivity contribution in [1.29, 1.82) is 0 Å². The lowest BCUT2D eigenvalue weighted by Gasteiger charge is -2.39. The van der Waals surface area contributed by atoms with Crippen LogP contribution >= 0.6 is 0 Å². The molecule has 1 aliphatic heterocycles. The standard InChI is InChI=1S/C14H23N3/c1-3-4-13-12-7-11-9-17(2)6-5-10(11)8-14(12)16-15-13/h10-11H,3-9H2,1-2H3,(H,15,16)/t10-,11-/m0/s1. The summed E-state index contributed by atoms with van der Waals surface area (Å²) in [6.07, 6.45) is 6.20. The van der Waals surface area contributed by atoms with Crippen molar-refractivity contribution < 1.29 is 0 Å². The molecule has 1 fully saturated rings. The summed E-state index contributed by atoms with van der Waals surface area (Å²) >= 11 is 0. The van der Waals surface area contributed by atoms with Crippen molar-refractivity contribution in [2.24, 2.45) is 11.8 Å². The van der Waals surface area contributed by atoms with E-state index in [1.165, 1.54) is 50.2 Å². The maximum atomic E-state index is 4.53. The zero-order chi connectivity index (χ0) is 11.8. The molecule has 2 aliphatic rings. The molecule has 0 spiro atoms. The van der Waals surface area contributed by atoms with Crippen molar-refractivity contribution in [3.8, 4) is 0 Å². The van der Waals surface area contributed by atoms with Crippen molar-refractivity contribution in [1.82, 2.24) is 15.1 Å². The lowest BCUT2D eigenvalue weighted by Crippen LogP contribution is -2.41. The Morgan fingerprint density at radius 3 is 3.06 bits per heavy atom. The number of likely N-dealkylation sites (tertiary alicyclic amines) is 1. The van der Waals surface area contributed by atoms with E-state index in [9.17, 15) is 0 Å². The van der Waals surface area contributed by atoms with Crippen LogP contribution in [0.5, 0.6) is 0 Å². The number of aromatic nitrogens is 2.